The van der Waals surface area contributed by atoms with Crippen molar-refractivity contribution in [1.82, 2.24) is 19.5 Å². The lowest BCUT2D eigenvalue weighted by Crippen LogP contribution is -2.37. The van der Waals surface area contributed by atoms with E-state index in [-0.39, 0.29) is 6.61 Å². The zero-order chi connectivity index (χ0) is 19.7. The van der Waals surface area contributed by atoms with Gasteiger partial charge in [0, 0.05) is 12.6 Å². The van der Waals surface area contributed by atoms with Crippen LogP contribution in [0.3, 0.4) is 0 Å². The van der Waals surface area contributed by atoms with Gasteiger partial charge in [-0.15, -0.1) is 6.58 Å². The molecule has 1 saturated carbocycles. The molecule has 9 heteroatoms. The molecule has 0 bridgehead atoms. The Morgan fingerprint density at radius 3 is 2.64 bits per heavy atom. The van der Waals surface area contributed by atoms with Crippen molar-refractivity contribution in [1.29, 1.82) is 0 Å². The summed E-state index contributed by atoms with van der Waals surface area (Å²) in [5, 5.41) is 29.8. The maximum absolute atomic E-state index is 10.4. The highest BCUT2D eigenvalue weighted by molar-refractivity contribution is 5.83. The number of rotatable bonds is 6. The van der Waals surface area contributed by atoms with E-state index in [4.69, 9.17) is 4.74 Å². The van der Waals surface area contributed by atoms with Crippen molar-refractivity contribution in [2.75, 3.05) is 18.1 Å². The quantitative estimate of drug-likeness (QED) is 0.620. The van der Waals surface area contributed by atoms with Gasteiger partial charge in [-0.05, 0) is 12.8 Å². The molecule has 4 atom stereocenters. The lowest BCUT2D eigenvalue weighted by molar-refractivity contribution is -0.0511. The highest BCUT2D eigenvalue weighted by Gasteiger charge is 2.44. The summed E-state index contributed by atoms with van der Waals surface area (Å²) in [7, 11) is 0. The summed E-state index contributed by atoms with van der Waals surface area (Å²) in [5.74, 6) is 0.738. The summed E-state index contributed by atoms with van der Waals surface area (Å²) >= 11 is 0. The second kappa shape index (κ2) is 8.12. The average molecular weight is 389 g/mol. The molecule has 1 aliphatic carbocycles. The van der Waals surface area contributed by atoms with Crippen LogP contribution in [0.1, 0.15) is 38.3 Å². The standard InChI is InChI=1S/C19H27N5O4/c1-2-8-23(12-6-4-3-5-7-12)17-14-18(21-10-20-17)24(11-22-14)19-16(27)15(26)13(9-25)28-19/h2,10-13,15-16,19,25-27H,1,3-9H2/t13-,15-,16-,19?/m1/s1. The van der Waals surface area contributed by atoms with E-state index in [1.165, 1.54) is 31.9 Å². The summed E-state index contributed by atoms with van der Waals surface area (Å²) in [4.78, 5) is 15.6. The molecule has 4 rings (SSSR count). The second-order valence-electron chi connectivity index (χ2n) is 7.48. The van der Waals surface area contributed by atoms with Crippen LogP contribution in [0.2, 0.25) is 0 Å². The normalized spacial score (nSPS) is 28.7. The first-order valence-electron chi connectivity index (χ1n) is 9.83. The molecule has 28 heavy (non-hydrogen) atoms. The van der Waals surface area contributed by atoms with Crippen LogP contribution in [0, 0.1) is 0 Å². The monoisotopic (exact) mass is 389 g/mol. The number of hydrogen-bond donors (Lipinski definition) is 3. The van der Waals surface area contributed by atoms with Gasteiger partial charge in [0.2, 0.25) is 0 Å². The van der Waals surface area contributed by atoms with Crippen LogP contribution < -0.4 is 4.90 Å². The van der Waals surface area contributed by atoms with Crippen molar-refractivity contribution in [3.63, 3.8) is 0 Å². The highest BCUT2D eigenvalue weighted by Crippen LogP contribution is 2.34. The number of fused-ring (bicyclic) bond motifs is 1. The van der Waals surface area contributed by atoms with Gasteiger partial charge in [-0.2, -0.15) is 0 Å². The van der Waals surface area contributed by atoms with Crippen LogP contribution in [0.5, 0.6) is 0 Å². The Hall–Kier alpha value is -2.07. The van der Waals surface area contributed by atoms with Gasteiger partial charge in [0.15, 0.2) is 23.2 Å². The molecule has 0 spiro atoms. The third-order valence-electron chi connectivity index (χ3n) is 5.74. The number of anilines is 1. The van der Waals surface area contributed by atoms with E-state index in [1.807, 2.05) is 6.08 Å². The summed E-state index contributed by atoms with van der Waals surface area (Å²) in [5.41, 5.74) is 1.14. The number of aromatic nitrogens is 4. The number of hydrogen-bond acceptors (Lipinski definition) is 8. The number of nitrogens with zero attached hydrogens (tertiary/aromatic N) is 5. The van der Waals surface area contributed by atoms with Gasteiger partial charge in [-0.25, -0.2) is 15.0 Å². The number of aliphatic hydroxyl groups excluding tert-OH is 3. The van der Waals surface area contributed by atoms with Gasteiger partial charge in [-0.3, -0.25) is 4.57 Å². The molecule has 1 unspecified atom stereocenters. The van der Waals surface area contributed by atoms with E-state index in [1.54, 1.807) is 4.57 Å². The molecular formula is C19H27N5O4. The van der Waals surface area contributed by atoms with E-state index >= 15 is 0 Å². The minimum Gasteiger partial charge on any atom is -0.394 e. The van der Waals surface area contributed by atoms with Crippen molar-refractivity contribution < 1.29 is 20.1 Å². The Morgan fingerprint density at radius 2 is 1.96 bits per heavy atom. The number of aliphatic hydroxyl groups is 3. The zero-order valence-electron chi connectivity index (χ0n) is 15.8. The maximum Gasteiger partial charge on any atom is 0.167 e. The van der Waals surface area contributed by atoms with Crippen LogP contribution in [0.15, 0.2) is 25.3 Å². The van der Waals surface area contributed by atoms with Crippen molar-refractivity contribution in [3.05, 3.63) is 25.3 Å². The smallest absolute Gasteiger partial charge is 0.167 e. The molecule has 0 radical (unpaired) electrons. The van der Waals surface area contributed by atoms with Gasteiger partial charge in [0.05, 0.1) is 12.9 Å². The number of imidazole rings is 1. The average Bonchev–Trinajstić information content (AvgIpc) is 3.28. The van der Waals surface area contributed by atoms with Gasteiger partial charge < -0.3 is 25.0 Å². The molecule has 1 aliphatic heterocycles. The first-order valence-corrected chi connectivity index (χ1v) is 9.83. The Labute approximate surface area is 163 Å². The maximum atomic E-state index is 10.4. The molecule has 9 nitrogen and oxygen atoms in total. The van der Waals surface area contributed by atoms with Crippen LogP contribution >= 0.6 is 0 Å². The molecule has 1 saturated heterocycles. The van der Waals surface area contributed by atoms with Crippen LogP contribution in [0.4, 0.5) is 5.82 Å². The Kier molecular flexibility index (Phi) is 5.58. The Balaban J connectivity index is 1.71. The van der Waals surface area contributed by atoms with E-state index in [0.717, 1.165) is 18.7 Å². The van der Waals surface area contributed by atoms with Crippen molar-refractivity contribution in [2.24, 2.45) is 0 Å². The Morgan fingerprint density at radius 1 is 1.18 bits per heavy atom. The van der Waals surface area contributed by atoms with E-state index in [2.05, 4.69) is 26.4 Å². The lowest BCUT2D eigenvalue weighted by atomic mass is 9.94. The third kappa shape index (κ3) is 3.28. The fraction of sp³-hybridized carbons (Fsp3) is 0.632. The van der Waals surface area contributed by atoms with Crippen molar-refractivity contribution in [2.45, 2.75) is 62.7 Å². The lowest BCUT2D eigenvalue weighted by Gasteiger charge is -2.34. The van der Waals surface area contributed by atoms with Gasteiger partial charge >= 0.3 is 0 Å². The van der Waals surface area contributed by atoms with E-state index in [9.17, 15) is 15.3 Å². The summed E-state index contributed by atoms with van der Waals surface area (Å²) in [6.45, 7) is 4.18. The summed E-state index contributed by atoms with van der Waals surface area (Å²) in [6, 6.07) is 0.379. The van der Waals surface area contributed by atoms with Crippen LogP contribution in [-0.4, -0.2) is 72.3 Å². The molecule has 3 heterocycles. The molecule has 0 amide bonds. The summed E-state index contributed by atoms with van der Waals surface area (Å²) in [6.07, 6.45) is 6.68. The predicted molar refractivity (Wildman–Crippen MR) is 103 cm³/mol. The summed E-state index contributed by atoms with van der Waals surface area (Å²) < 4.78 is 7.23. The van der Waals surface area contributed by atoms with Gasteiger partial charge in [-0.1, -0.05) is 25.3 Å². The Bertz CT molecular complexity index is 822. The molecular weight excluding hydrogens is 362 g/mol. The minimum atomic E-state index is -1.18. The second-order valence-corrected chi connectivity index (χ2v) is 7.48. The zero-order valence-corrected chi connectivity index (χ0v) is 15.8. The fourth-order valence-electron chi connectivity index (χ4n) is 4.29. The predicted octanol–water partition coefficient (Wildman–Crippen LogP) is 0.763. The van der Waals surface area contributed by atoms with Crippen LogP contribution in [-0.2, 0) is 4.74 Å². The fourth-order valence-corrected chi connectivity index (χ4v) is 4.29. The topological polar surface area (TPSA) is 117 Å². The highest BCUT2D eigenvalue weighted by atomic mass is 16.6. The molecule has 2 aliphatic rings. The molecule has 152 valence electrons. The minimum absolute atomic E-state index is 0.379. The first-order chi connectivity index (χ1) is 13.7. The molecule has 2 fully saturated rings. The van der Waals surface area contributed by atoms with Gasteiger partial charge in [0.25, 0.3) is 0 Å². The van der Waals surface area contributed by atoms with Gasteiger partial charge in [0.1, 0.15) is 24.6 Å². The molecule has 3 N–H and O–H groups in total. The molecule has 2 aromatic rings. The number of ether oxygens (including phenoxy) is 1. The SMILES string of the molecule is C=CCN(c1ncnc2c1ncn2C1O[C@H](CO)[C@@H](O)[C@H]1O)C1CCCCC1. The molecule has 0 aromatic carbocycles. The van der Waals surface area contributed by atoms with Crippen molar-refractivity contribution in [3.8, 4) is 0 Å². The third-order valence-corrected chi connectivity index (χ3v) is 5.74. The van der Waals surface area contributed by atoms with E-state index < -0.39 is 24.5 Å². The largest absolute Gasteiger partial charge is 0.394 e. The van der Waals surface area contributed by atoms with Crippen LogP contribution in [0.25, 0.3) is 11.2 Å². The first kappa shape index (κ1) is 19.3. The molecule has 2 aromatic heterocycles. The van der Waals surface area contributed by atoms with Crippen molar-refractivity contribution >= 4 is 17.0 Å². The van der Waals surface area contributed by atoms with E-state index in [0.29, 0.717) is 23.8 Å².